The first-order valence-electron chi connectivity index (χ1n) is 14.6. The number of fused-ring (bicyclic) bond motifs is 1. The van der Waals surface area contributed by atoms with E-state index in [9.17, 15) is 27.6 Å². The molecule has 2 unspecified atom stereocenters. The molecule has 42 heavy (non-hydrogen) atoms. The van der Waals surface area contributed by atoms with Crippen molar-refractivity contribution in [3.8, 4) is 0 Å². The SMILES string of the molecule is CC.CCC(C(=O)N1CCCC(CNC(=O)NC2CC2)C1)N1C(=O)c2ccc(C(F)(F)F)cc21.Cc1ccc(S)cc1. The van der Waals surface area contributed by atoms with Crippen molar-refractivity contribution in [2.75, 3.05) is 24.5 Å². The molecule has 0 aromatic heterocycles. The van der Waals surface area contributed by atoms with Gasteiger partial charge in [0.2, 0.25) is 5.91 Å². The Kier molecular flexibility index (Phi) is 11.7. The van der Waals surface area contributed by atoms with Crippen molar-refractivity contribution in [3.63, 3.8) is 0 Å². The maximum Gasteiger partial charge on any atom is 0.416 e. The Balaban J connectivity index is 0.000000414. The molecule has 4 amide bonds. The summed E-state index contributed by atoms with van der Waals surface area (Å²) in [5.41, 5.74) is 0.788. The lowest BCUT2D eigenvalue weighted by atomic mass is 9.93. The van der Waals surface area contributed by atoms with Crippen LogP contribution in [0.2, 0.25) is 0 Å². The van der Waals surface area contributed by atoms with Crippen molar-refractivity contribution in [1.29, 1.82) is 0 Å². The monoisotopic (exact) mass is 606 g/mol. The van der Waals surface area contributed by atoms with Gasteiger partial charge in [-0.15, -0.1) is 12.6 Å². The fourth-order valence-corrected chi connectivity index (χ4v) is 5.09. The average Bonchev–Trinajstić information content (AvgIpc) is 3.80. The quantitative estimate of drug-likeness (QED) is 0.331. The first kappa shape index (κ1) is 33.3. The Hall–Kier alpha value is -3.21. The number of anilines is 1. The molecule has 2 heterocycles. The molecule has 2 aliphatic heterocycles. The summed E-state index contributed by atoms with van der Waals surface area (Å²) in [7, 11) is 0. The number of benzene rings is 2. The highest BCUT2D eigenvalue weighted by atomic mass is 32.1. The van der Waals surface area contributed by atoms with Crippen LogP contribution in [-0.4, -0.2) is 54.5 Å². The number of hydrogen-bond donors (Lipinski definition) is 3. The number of nitrogens with one attached hydrogen (secondary N) is 2. The Morgan fingerprint density at radius 2 is 1.74 bits per heavy atom. The lowest BCUT2D eigenvalue weighted by molar-refractivity contribution is -0.137. The molecule has 2 fully saturated rings. The number of nitrogens with zero attached hydrogens (tertiary/aromatic N) is 2. The Morgan fingerprint density at radius 3 is 2.31 bits per heavy atom. The number of urea groups is 1. The third kappa shape index (κ3) is 8.65. The molecule has 0 radical (unpaired) electrons. The van der Waals surface area contributed by atoms with E-state index in [2.05, 4.69) is 30.2 Å². The lowest BCUT2D eigenvalue weighted by Crippen LogP contribution is -2.57. The smallest absolute Gasteiger partial charge is 0.341 e. The third-order valence-electron chi connectivity index (χ3n) is 7.35. The molecule has 2 aromatic rings. The highest BCUT2D eigenvalue weighted by molar-refractivity contribution is 7.80. The molecule has 2 N–H and O–H groups in total. The summed E-state index contributed by atoms with van der Waals surface area (Å²) in [5.74, 6) is -0.608. The summed E-state index contributed by atoms with van der Waals surface area (Å²) >= 11 is 4.13. The van der Waals surface area contributed by atoms with E-state index in [1.807, 2.05) is 38.1 Å². The zero-order valence-electron chi connectivity index (χ0n) is 24.6. The first-order valence-corrected chi connectivity index (χ1v) is 15.1. The molecule has 1 saturated heterocycles. The number of piperidine rings is 1. The van der Waals surface area contributed by atoms with Gasteiger partial charge in [0.25, 0.3) is 5.91 Å². The van der Waals surface area contributed by atoms with Crippen molar-refractivity contribution in [2.24, 2.45) is 5.92 Å². The first-order chi connectivity index (χ1) is 20.0. The van der Waals surface area contributed by atoms with Crippen molar-refractivity contribution in [3.05, 3.63) is 59.2 Å². The number of thiol groups is 1. The minimum absolute atomic E-state index is 0.0892. The van der Waals surface area contributed by atoms with Gasteiger partial charge < -0.3 is 15.5 Å². The summed E-state index contributed by atoms with van der Waals surface area (Å²) in [6.07, 6.45) is -0.597. The number of carbonyl (C=O) groups excluding carboxylic acids is 3. The number of likely N-dealkylation sites (tertiary alicyclic amines) is 1. The van der Waals surface area contributed by atoms with E-state index in [0.29, 0.717) is 26.1 Å². The summed E-state index contributed by atoms with van der Waals surface area (Å²) < 4.78 is 39.3. The van der Waals surface area contributed by atoms with Gasteiger partial charge in [0.15, 0.2) is 0 Å². The molecule has 0 spiro atoms. The molecule has 0 bridgehead atoms. The number of amides is 4. The van der Waals surface area contributed by atoms with Crippen LogP contribution in [0.25, 0.3) is 0 Å². The van der Waals surface area contributed by atoms with Gasteiger partial charge in [0.05, 0.1) is 16.8 Å². The molecule has 2 atom stereocenters. The van der Waals surface area contributed by atoms with Crippen LogP contribution in [0.3, 0.4) is 0 Å². The Bertz CT molecular complexity index is 1210. The second-order valence-corrected chi connectivity index (χ2v) is 11.1. The lowest BCUT2D eigenvalue weighted by Gasteiger charge is -2.42. The number of alkyl halides is 3. The summed E-state index contributed by atoms with van der Waals surface area (Å²) in [6, 6.07) is 10.3. The molecular formula is C31H41F3N4O3S. The van der Waals surface area contributed by atoms with Gasteiger partial charge in [-0.1, -0.05) is 38.5 Å². The summed E-state index contributed by atoms with van der Waals surface area (Å²) in [5, 5.41) is 5.71. The van der Waals surface area contributed by atoms with Crippen LogP contribution in [0.1, 0.15) is 74.4 Å². The molecule has 3 aliphatic rings. The highest BCUT2D eigenvalue weighted by Crippen LogP contribution is 2.40. The van der Waals surface area contributed by atoms with Gasteiger partial charge >= 0.3 is 12.2 Å². The standard InChI is InChI=1S/C22H27F3N4O3.C7H8S.C2H6/c1-2-17(29-18-10-14(22(23,24)25)5-8-16(18)19(29)30)20(31)28-9-3-4-13(12-28)11-26-21(32)27-15-6-7-15;1-6-2-4-7(8)5-3-6;1-2/h5,8,10,13,15,17H,2-4,6-7,9,11-12H2,1H3,(H2,26,27,32);2-5,8H,1H3;1-2H3. The Labute approximate surface area is 251 Å². The molecule has 5 rings (SSSR count). The topological polar surface area (TPSA) is 81.8 Å². The zero-order chi connectivity index (χ0) is 31.0. The van der Waals surface area contributed by atoms with Gasteiger partial charge in [-0.25, -0.2) is 4.79 Å². The number of hydrogen-bond acceptors (Lipinski definition) is 4. The molecule has 7 nitrogen and oxygen atoms in total. The number of aryl methyl sites for hydroxylation is 1. The van der Waals surface area contributed by atoms with Gasteiger partial charge in [-0.3, -0.25) is 14.5 Å². The van der Waals surface area contributed by atoms with E-state index in [-0.39, 0.29) is 35.1 Å². The van der Waals surface area contributed by atoms with E-state index >= 15 is 0 Å². The predicted molar refractivity (Wildman–Crippen MR) is 161 cm³/mol. The molecule has 2 aromatic carbocycles. The van der Waals surface area contributed by atoms with Crippen molar-refractivity contribution in [2.45, 2.75) is 83.0 Å². The molecular weight excluding hydrogens is 565 g/mol. The normalized spacial score (nSPS) is 18.3. The second kappa shape index (κ2) is 14.8. The molecule has 1 saturated carbocycles. The van der Waals surface area contributed by atoms with Crippen molar-refractivity contribution < 1.29 is 27.6 Å². The summed E-state index contributed by atoms with van der Waals surface area (Å²) in [6.45, 7) is 9.22. The maximum absolute atomic E-state index is 13.2. The third-order valence-corrected chi connectivity index (χ3v) is 7.64. The number of halogens is 3. The predicted octanol–water partition coefficient (Wildman–Crippen LogP) is 6.45. The zero-order valence-corrected chi connectivity index (χ0v) is 25.5. The molecule has 1 aliphatic carbocycles. The van der Waals surface area contributed by atoms with E-state index in [1.54, 1.807) is 11.8 Å². The molecule has 11 heteroatoms. The highest BCUT2D eigenvalue weighted by Gasteiger charge is 2.44. The van der Waals surface area contributed by atoms with Crippen LogP contribution in [0.5, 0.6) is 0 Å². The van der Waals surface area contributed by atoms with Gasteiger partial charge in [0, 0.05) is 30.6 Å². The molecule has 230 valence electrons. The van der Waals surface area contributed by atoms with Crippen LogP contribution < -0.4 is 15.5 Å². The van der Waals surface area contributed by atoms with Gasteiger partial charge in [-0.2, -0.15) is 13.2 Å². The fourth-order valence-electron chi connectivity index (χ4n) is 4.94. The van der Waals surface area contributed by atoms with Gasteiger partial charge in [-0.05, 0) is 75.3 Å². The van der Waals surface area contributed by atoms with Gasteiger partial charge in [0.1, 0.15) is 6.04 Å². The minimum Gasteiger partial charge on any atom is -0.341 e. The van der Waals surface area contributed by atoms with Crippen LogP contribution >= 0.6 is 12.6 Å². The van der Waals surface area contributed by atoms with Crippen LogP contribution in [0.4, 0.5) is 23.7 Å². The largest absolute Gasteiger partial charge is 0.416 e. The maximum atomic E-state index is 13.2. The van der Waals surface area contributed by atoms with Crippen LogP contribution in [0, 0.1) is 12.8 Å². The van der Waals surface area contributed by atoms with Crippen LogP contribution in [0.15, 0.2) is 47.4 Å². The fraction of sp³-hybridized carbons (Fsp3) is 0.516. The Morgan fingerprint density at radius 1 is 1.07 bits per heavy atom. The van der Waals surface area contributed by atoms with Crippen molar-refractivity contribution in [1.82, 2.24) is 15.5 Å². The van der Waals surface area contributed by atoms with Crippen LogP contribution in [-0.2, 0) is 11.0 Å². The average molecular weight is 607 g/mol. The summed E-state index contributed by atoms with van der Waals surface area (Å²) in [4.78, 5) is 41.6. The number of rotatable bonds is 6. The second-order valence-electron chi connectivity index (χ2n) is 10.6. The van der Waals surface area contributed by atoms with E-state index < -0.39 is 23.7 Å². The van der Waals surface area contributed by atoms with E-state index in [0.717, 1.165) is 42.7 Å². The van der Waals surface area contributed by atoms with E-state index in [4.69, 9.17) is 0 Å². The van der Waals surface area contributed by atoms with E-state index in [1.165, 1.54) is 16.5 Å². The number of carbonyl (C=O) groups is 3. The van der Waals surface area contributed by atoms with Crippen molar-refractivity contribution >= 4 is 36.2 Å². The minimum atomic E-state index is -4.52.